The number of fused-ring (bicyclic) bond motifs is 1. The molecule has 116 valence electrons. The predicted octanol–water partition coefficient (Wildman–Crippen LogP) is 5.37. The van der Waals surface area contributed by atoms with Crippen molar-refractivity contribution in [2.75, 3.05) is 6.61 Å². The molecule has 0 heterocycles. The molecule has 2 rings (SSSR count). The molecule has 0 aliphatic carbocycles. The van der Waals surface area contributed by atoms with E-state index in [1.807, 2.05) is 6.92 Å². The second-order valence-electron chi connectivity index (χ2n) is 5.41. The van der Waals surface area contributed by atoms with Gasteiger partial charge in [-0.25, -0.2) is 0 Å². The summed E-state index contributed by atoms with van der Waals surface area (Å²) < 4.78 is 4.91. The van der Waals surface area contributed by atoms with Gasteiger partial charge in [0.25, 0.3) is 0 Å². The zero-order chi connectivity index (χ0) is 15.6. The lowest BCUT2D eigenvalue weighted by Crippen LogP contribution is -2.02. The lowest BCUT2D eigenvalue weighted by Gasteiger charge is -2.01. The Balaban J connectivity index is 1.69. The van der Waals surface area contributed by atoms with Crippen LogP contribution in [0.4, 0.5) is 0 Å². The van der Waals surface area contributed by atoms with Crippen LogP contribution in [0.15, 0.2) is 48.5 Å². The lowest BCUT2D eigenvalue weighted by molar-refractivity contribution is -0.143. The van der Waals surface area contributed by atoms with Crippen LogP contribution in [0.5, 0.6) is 0 Å². The number of ether oxygens (including phenoxy) is 1. The third-order valence-electron chi connectivity index (χ3n) is 3.64. The van der Waals surface area contributed by atoms with E-state index in [-0.39, 0.29) is 5.97 Å². The molecule has 0 bridgehead atoms. The second-order valence-corrected chi connectivity index (χ2v) is 5.41. The van der Waals surface area contributed by atoms with Crippen LogP contribution in [0.3, 0.4) is 0 Å². The third kappa shape index (κ3) is 5.36. The van der Waals surface area contributed by atoms with Gasteiger partial charge in [0.2, 0.25) is 0 Å². The van der Waals surface area contributed by atoms with Crippen LogP contribution in [-0.2, 0) is 9.53 Å². The van der Waals surface area contributed by atoms with Gasteiger partial charge in [-0.1, -0.05) is 55.0 Å². The number of hydrogen-bond acceptors (Lipinski definition) is 2. The van der Waals surface area contributed by atoms with Gasteiger partial charge in [-0.2, -0.15) is 0 Å². The summed E-state index contributed by atoms with van der Waals surface area (Å²) in [5.41, 5.74) is 1.24. The standard InChI is InChI=1S/C20H24O2/c1-2-22-20(21)13-7-5-3-4-6-10-17-14-15-18-11-8-9-12-19(18)16-17/h6,8-12,14-16H,2-5,7,13H2,1H3/b10-6-. The number of rotatable bonds is 8. The van der Waals surface area contributed by atoms with E-state index in [4.69, 9.17) is 4.74 Å². The predicted molar refractivity (Wildman–Crippen MR) is 92.7 cm³/mol. The zero-order valence-corrected chi connectivity index (χ0v) is 13.3. The summed E-state index contributed by atoms with van der Waals surface area (Å²) in [6.45, 7) is 2.32. The van der Waals surface area contributed by atoms with E-state index in [9.17, 15) is 4.79 Å². The van der Waals surface area contributed by atoms with E-state index < -0.39 is 0 Å². The first-order valence-electron chi connectivity index (χ1n) is 8.10. The molecule has 0 spiro atoms. The van der Waals surface area contributed by atoms with Crippen LogP contribution in [0.25, 0.3) is 16.8 Å². The molecular weight excluding hydrogens is 272 g/mol. The fourth-order valence-electron chi connectivity index (χ4n) is 2.47. The summed E-state index contributed by atoms with van der Waals surface area (Å²) in [6.07, 6.45) is 9.09. The Bertz CT molecular complexity index is 628. The molecule has 0 radical (unpaired) electrons. The third-order valence-corrected chi connectivity index (χ3v) is 3.64. The highest BCUT2D eigenvalue weighted by Crippen LogP contribution is 2.17. The number of esters is 1. The van der Waals surface area contributed by atoms with Gasteiger partial charge in [0.15, 0.2) is 0 Å². The fourth-order valence-corrected chi connectivity index (χ4v) is 2.47. The summed E-state index contributed by atoms with van der Waals surface area (Å²) in [6, 6.07) is 14.9. The monoisotopic (exact) mass is 296 g/mol. The maximum atomic E-state index is 11.2. The van der Waals surface area contributed by atoms with Crippen LogP contribution in [0.2, 0.25) is 0 Å². The minimum Gasteiger partial charge on any atom is -0.466 e. The van der Waals surface area contributed by atoms with Crippen molar-refractivity contribution in [1.82, 2.24) is 0 Å². The highest BCUT2D eigenvalue weighted by molar-refractivity contribution is 5.84. The molecule has 0 aliphatic rings. The van der Waals surface area contributed by atoms with Gasteiger partial charge in [0, 0.05) is 6.42 Å². The van der Waals surface area contributed by atoms with Crippen LogP contribution in [0.1, 0.15) is 44.6 Å². The smallest absolute Gasteiger partial charge is 0.305 e. The van der Waals surface area contributed by atoms with Crippen molar-refractivity contribution in [3.63, 3.8) is 0 Å². The van der Waals surface area contributed by atoms with Crippen molar-refractivity contribution in [1.29, 1.82) is 0 Å². The number of allylic oxidation sites excluding steroid dienone is 1. The number of hydrogen-bond donors (Lipinski definition) is 0. The van der Waals surface area contributed by atoms with Crippen molar-refractivity contribution in [2.24, 2.45) is 0 Å². The molecule has 0 aliphatic heterocycles. The second kappa shape index (κ2) is 9.04. The average Bonchev–Trinajstić information content (AvgIpc) is 2.54. The molecule has 0 N–H and O–H groups in total. The van der Waals surface area contributed by atoms with Crippen LogP contribution < -0.4 is 0 Å². The molecule has 2 nitrogen and oxygen atoms in total. The fraction of sp³-hybridized carbons (Fsp3) is 0.350. The lowest BCUT2D eigenvalue weighted by atomic mass is 10.1. The van der Waals surface area contributed by atoms with Crippen molar-refractivity contribution >= 4 is 22.8 Å². The first-order valence-corrected chi connectivity index (χ1v) is 8.10. The Morgan fingerprint density at radius 1 is 1.05 bits per heavy atom. The summed E-state index contributed by atoms with van der Waals surface area (Å²) >= 11 is 0. The molecule has 0 atom stereocenters. The SMILES string of the molecule is CCOC(=O)CCCCC/C=C\c1ccc2ccccc2c1. The van der Waals surface area contributed by atoms with E-state index in [0.717, 1.165) is 25.7 Å². The Labute approximate surface area is 132 Å². The number of carbonyl (C=O) groups excluding carboxylic acids is 1. The minimum atomic E-state index is -0.0748. The average molecular weight is 296 g/mol. The Kier molecular flexibility index (Phi) is 6.69. The van der Waals surface area contributed by atoms with Crippen LogP contribution in [0, 0.1) is 0 Å². The van der Waals surface area contributed by atoms with Gasteiger partial charge in [0.05, 0.1) is 6.61 Å². The van der Waals surface area contributed by atoms with Crippen molar-refractivity contribution in [3.8, 4) is 0 Å². The van der Waals surface area contributed by atoms with E-state index in [1.54, 1.807) is 0 Å². The largest absolute Gasteiger partial charge is 0.466 e. The van der Waals surface area contributed by atoms with E-state index in [0.29, 0.717) is 13.0 Å². The molecule has 0 saturated carbocycles. The normalized spacial score (nSPS) is 11.1. The molecule has 0 amide bonds. The van der Waals surface area contributed by atoms with Gasteiger partial charge in [-0.15, -0.1) is 0 Å². The molecule has 2 heteroatoms. The number of carbonyl (C=O) groups is 1. The van der Waals surface area contributed by atoms with Crippen LogP contribution >= 0.6 is 0 Å². The van der Waals surface area contributed by atoms with Gasteiger partial charge in [-0.3, -0.25) is 4.79 Å². The highest BCUT2D eigenvalue weighted by atomic mass is 16.5. The Hall–Kier alpha value is -2.09. The molecule has 0 fully saturated rings. The summed E-state index contributed by atoms with van der Waals surface area (Å²) in [7, 11) is 0. The molecule has 22 heavy (non-hydrogen) atoms. The molecule has 0 unspecified atom stereocenters. The molecule has 0 saturated heterocycles. The van der Waals surface area contributed by atoms with Crippen molar-refractivity contribution in [2.45, 2.75) is 39.0 Å². The van der Waals surface area contributed by atoms with E-state index in [2.05, 4.69) is 54.6 Å². The summed E-state index contributed by atoms with van der Waals surface area (Å²) in [5, 5.41) is 2.55. The molecule has 0 aromatic heterocycles. The molecular formula is C20H24O2. The maximum absolute atomic E-state index is 11.2. The highest BCUT2D eigenvalue weighted by Gasteiger charge is 1.99. The van der Waals surface area contributed by atoms with E-state index >= 15 is 0 Å². The Morgan fingerprint density at radius 3 is 2.68 bits per heavy atom. The Morgan fingerprint density at radius 2 is 1.86 bits per heavy atom. The van der Waals surface area contributed by atoms with Crippen molar-refractivity contribution in [3.05, 3.63) is 54.1 Å². The van der Waals surface area contributed by atoms with Gasteiger partial charge < -0.3 is 4.74 Å². The molecule has 2 aromatic carbocycles. The summed E-state index contributed by atoms with van der Waals surface area (Å²) in [5.74, 6) is -0.0748. The number of benzene rings is 2. The maximum Gasteiger partial charge on any atom is 0.305 e. The topological polar surface area (TPSA) is 26.3 Å². The van der Waals surface area contributed by atoms with Gasteiger partial charge in [0.1, 0.15) is 0 Å². The number of unbranched alkanes of at least 4 members (excludes halogenated alkanes) is 3. The van der Waals surface area contributed by atoms with Gasteiger partial charge in [-0.05, 0) is 48.6 Å². The quantitative estimate of drug-likeness (QED) is 0.484. The summed E-state index contributed by atoms with van der Waals surface area (Å²) in [4.78, 5) is 11.2. The zero-order valence-electron chi connectivity index (χ0n) is 13.3. The first kappa shape index (κ1) is 16.3. The van der Waals surface area contributed by atoms with E-state index in [1.165, 1.54) is 16.3 Å². The van der Waals surface area contributed by atoms with Gasteiger partial charge >= 0.3 is 5.97 Å². The van der Waals surface area contributed by atoms with Crippen LogP contribution in [-0.4, -0.2) is 12.6 Å². The minimum absolute atomic E-state index is 0.0748. The first-order chi connectivity index (χ1) is 10.8. The molecule has 2 aromatic rings. The van der Waals surface area contributed by atoms with Crippen molar-refractivity contribution < 1.29 is 9.53 Å².